The molecule has 2 aromatic rings. The highest BCUT2D eigenvalue weighted by atomic mass is 79.9. The van der Waals surface area contributed by atoms with Crippen molar-refractivity contribution < 1.29 is 4.92 Å². The molecule has 1 aromatic heterocycles. The molecule has 1 aromatic carbocycles. The second-order valence-electron chi connectivity index (χ2n) is 4.80. The van der Waals surface area contributed by atoms with Gasteiger partial charge in [-0.25, -0.2) is 4.68 Å². The van der Waals surface area contributed by atoms with Crippen molar-refractivity contribution >= 4 is 27.4 Å². The van der Waals surface area contributed by atoms with E-state index in [2.05, 4.69) is 26.2 Å². The Bertz CT molecular complexity index is 680. The van der Waals surface area contributed by atoms with Crippen LogP contribution in [0, 0.1) is 10.1 Å². The molecular formula is C12H12BrN5O2. The second kappa shape index (κ2) is 4.86. The molecule has 0 bridgehead atoms. The monoisotopic (exact) mass is 337 g/mol. The average Bonchev–Trinajstić information content (AvgIpc) is 3.17. The van der Waals surface area contributed by atoms with E-state index in [-0.39, 0.29) is 5.69 Å². The Labute approximate surface area is 123 Å². The van der Waals surface area contributed by atoms with E-state index >= 15 is 0 Å². The van der Waals surface area contributed by atoms with Crippen LogP contribution in [-0.4, -0.2) is 19.9 Å². The molecule has 0 unspecified atom stereocenters. The van der Waals surface area contributed by atoms with Gasteiger partial charge in [0.05, 0.1) is 17.2 Å². The molecule has 0 saturated heterocycles. The summed E-state index contributed by atoms with van der Waals surface area (Å²) in [6, 6.07) is 4.95. The molecular weight excluding hydrogens is 326 g/mol. The minimum Gasteiger partial charge on any atom is -0.381 e. The average molecular weight is 338 g/mol. The third-order valence-corrected chi connectivity index (χ3v) is 4.26. The lowest BCUT2D eigenvalue weighted by Gasteiger charge is -2.08. The van der Waals surface area contributed by atoms with Gasteiger partial charge in [0.25, 0.3) is 5.69 Å². The van der Waals surface area contributed by atoms with Crippen molar-refractivity contribution in [2.24, 2.45) is 0 Å². The van der Waals surface area contributed by atoms with Gasteiger partial charge in [0.2, 0.25) is 0 Å². The first-order chi connectivity index (χ1) is 9.58. The van der Waals surface area contributed by atoms with Crippen molar-refractivity contribution in [3.63, 3.8) is 0 Å². The topological polar surface area (TPSA) is 99.9 Å². The number of nitro benzene ring substituents is 1. The van der Waals surface area contributed by atoms with Crippen LogP contribution in [-0.2, 0) is 6.54 Å². The number of hydrogen-bond donors (Lipinski definition) is 1. The summed E-state index contributed by atoms with van der Waals surface area (Å²) in [5.74, 6) is 0.872. The van der Waals surface area contributed by atoms with Gasteiger partial charge in [-0.2, -0.15) is 0 Å². The van der Waals surface area contributed by atoms with Gasteiger partial charge in [-0.15, -0.1) is 5.10 Å². The molecule has 0 amide bonds. The van der Waals surface area contributed by atoms with Crippen molar-refractivity contribution in [2.75, 3.05) is 5.73 Å². The Balaban J connectivity index is 1.96. The van der Waals surface area contributed by atoms with E-state index in [0.29, 0.717) is 22.8 Å². The summed E-state index contributed by atoms with van der Waals surface area (Å²) in [5.41, 5.74) is 7.60. The number of nitrogens with two attached hydrogens (primary N) is 1. The van der Waals surface area contributed by atoms with E-state index in [1.54, 1.807) is 10.7 Å². The van der Waals surface area contributed by atoms with Gasteiger partial charge in [0, 0.05) is 12.0 Å². The van der Waals surface area contributed by atoms with Crippen molar-refractivity contribution in [2.45, 2.75) is 25.3 Å². The van der Waals surface area contributed by atoms with Crippen LogP contribution in [0.25, 0.3) is 0 Å². The molecule has 3 rings (SSSR count). The Kier molecular flexibility index (Phi) is 3.17. The van der Waals surface area contributed by atoms with Crippen LogP contribution < -0.4 is 5.73 Å². The van der Waals surface area contributed by atoms with Gasteiger partial charge in [-0.1, -0.05) is 17.3 Å². The molecule has 1 aliphatic carbocycles. The van der Waals surface area contributed by atoms with Crippen molar-refractivity contribution in [3.05, 3.63) is 44.0 Å². The molecule has 20 heavy (non-hydrogen) atoms. The third-order valence-electron chi connectivity index (χ3n) is 3.34. The summed E-state index contributed by atoms with van der Waals surface area (Å²) in [6.45, 7) is 0.415. The second-order valence-corrected chi connectivity index (χ2v) is 5.59. The van der Waals surface area contributed by atoms with Crippen LogP contribution in [0.5, 0.6) is 0 Å². The first-order valence-electron chi connectivity index (χ1n) is 6.18. The molecule has 104 valence electrons. The number of benzene rings is 1. The fraction of sp³-hybridized carbons (Fsp3) is 0.333. The molecule has 0 radical (unpaired) electrons. The number of nitrogen functional groups attached to an aromatic ring is 1. The molecule has 1 aliphatic rings. The summed E-state index contributed by atoms with van der Waals surface area (Å²) in [4.78, 5) is 10.5. The van der Waals surface area contributed by atoms with E-state index < -0.39 is 4.92 Å². The lowest BCUT2D eigenvalue weighted by atomic mass is 10.2. The summed E-state index contributed by atoms with van der Waals surface area (Å²) >= 11 is 3.29. The standard InChI is InChI=1S/C12H12BrN5O2/c13-10-8(2-1-3-9(10)18(19)20)6-17-11(7-4-5-7)12(14)15-16-17/h1-3,7H,4-6,14H2. The summed E-state index contributed by atoms with van der Waals surface area (Å²) in [5, 5.41) is 18.9. The molecule has 1 heterocycles. The van der Waals surface area contributed by atoms with Crippen LogP contribution >= 0.6 is 15.9 Å². The number of halogens is 1. The van der Waals surface area contributed by atoms with E-state index in [1.807, 2.05) is 6.07 Å². The number of anilines is 1. The van der Waals surface area contributed by atoms with Crippen LogP contribution in [0.3, 0.4) is 0 Å². The first kappa shape index (κ1) is 13.0. The third kappa shape index (κ3) is 2.26. The zero-order valence-corrected chi connectivity index (χ0v) is 12.1. The summed E-state index contributed by atoms with van der Waals surface area (Å²) in [6.07, 6.45) is 2.18. The minimum atomic E-state index is -0.412. The number of nitrogens with zero attached hydrogens (tertiary/aromatic N) is 4. The quantitative estimate of drug-likeness (QED) is 0.682. The molecule has 0 spiro atoms. The zero-order valence-electron chi connectivity index (χ0n) is 10.5. The van der Waals surface area contributed by atoms with Gasteiger partial charge in [-0.05, 0) is 34.3 Å². The molecule has 7 nitrogen and oxygen atoms in total. The highest BCUT2D eigenvalue weighted by Crippen LogP contribution is 2.42. The lowest BCUT2D eigenvalue weighted by molar-refractivity contribution is -0.385. The molecule has 0 atom stereocenters. The predicted octanol–water partition coefficient (Wildman–Crippen LogP) is 2.46. The smallest absolute Gasteiger partial charge is 0.283 e. The van der Waals surface area contributed by atoms with Gasteiger partial charge in [0.1, 0.15) is 4.47 Å². The van der Waals surface area contributed by atoms with Gasteiger partial charge < -0.3 is 5.73 Å². The first-order valence-corrected chi connectivity index (χ1v) is 6.98. The van der Waals surface area contributed by atoms with E-state index in [0.717, 1.165) is 24.1 Å². The Hall–Kier alpha value is -1.96. The van der Waals surface area contributed by atoms with Crippen molar-refractivity contribution in [3.8, 4) is 0 Å². The largest absolute Gasteiger partial charge is 0.381 e. The van der Waals surface area contributed by atoms with Crippen LogP contribution in [0.2, 0.25) is 0 Å². The van der Waals surface area contributed by atoms with Gasteiger partial charge in [-0.3, -0.25) is 10.1 Å². The van der Waals surface area contributed by atoms with Crippen LogP contribution in [0.1, 0.15) is 30.0 Å². The van der Waals surface area contributed by atoms with Crippen molar-refractivity contribution in [1.82, 2.24) is 15.0 Å². The summed E-state index contributed by atoms with van der Waals surface area (Å²) in [7, 11) is 0. The minimum absolute atomic E-state index is 0.0450. The zero-order chi connectivity index (χ0) is 14.3. The molecule has 1 fully saturated rings. The van der Waals surface area contributed by atoms with E-state index in [1.165, 1.54) is 6.07 Å². The maximum absolute atomic E-state index is 10.9. The maximum atomic E-state index is 10.9. The predicted molar refractivity (Wildman–Crippen MR) is 76.3 cm³/mol. The molecule has 2 N–H and O–H groups in total. The highest BCUT2D eigenvalue weighted by Gasteiger charge is 2.31. The normalized spacial score (nSPS) is 14.4. The highest BCUT2D eigenvalue weighted by molar-refractivity contribution is 9.10. The Morgan fingerprint density at radius 1 is 1.50 bits per heavy atom. The van der Waals surface area contributed by atoms with E-state index in [9.17, 15) is 10.1 Å². The maximum Gasteiger partial charge on any atom is 0.283 e. The van der Waals surface area contributed by atoms with Gasteiger partial charge >= 0.3 is 0 Å². The van der Waals surface area contributed by atoms with E-state index in [4.69, 9.17) is 5.73 Å². The SMILES string of the molecule is Nc1nnn(Cc2cccc([N+](=O)[O-])c2Br)c1C1CC1. The number of aromatic nitrogens is 3. The Morgan fingerprint density at radius 3 is 2.90 bits per heavy atom. The molecule has 0 aliphatic heterocycles. The van der Waals surface area contributed by atoms with Gasteiger partial charge in [0.15, 0.2) is 5.82 Å². The number of nitro groups is 1. The summed E-state index contributed by atoms with van der Waals surface area (Å²) < 4.78 is 2.21. The Morgan fingerprint density at radius 2 is 2.25 bits per heavy atom. The molecule has 1 saturated carbocycles. The number of rotatable bonds is 4. The molecule has 8 heteroatoms. The van der Waals surface area contributed by atoms with Crippen molar-refractivity contribution in [1.29, 1.82) is 0 Å². The fourth-order valence-electron chi connectivity index (χ4n) is 2.22. The van der Waals surface area contributed by atoms with Crippen LogP contribution in [0.4, 0.5) is 11.5 Å². The number of hydrogen-bond acceptors (Lipinski definition) is 5. The lowest BCUT2D eigenvalue weighted by Crippen LogP contribution is -2.07. The fourth-order valence-corrected chi connectivity index (χ4v) is 2.75. The van der Waals surface area contributed by atoms with Crippen LogP contribution in [0.15, 0.2) is 22.7 Å².